The van der Waals surface area contributed by atoms with Gasteiger partial charge < -0.3 is 9.88 Å². The van der Waals surface area contributed by atoms with E-state index in [-0.39, 0.29) is 11.9 Å². The van der Waals surface area contributed by atoms with Gasteiger partial charge in [-0.25, -0.2) is 4.98 Å². The van der Waals surface area contributed by atoms with Crippen molar-refractivity contribution in [3.63, 3.8) is 0 Å². The Hall–Kier alpha value is -2.92. The van der Waals surface area contributed by atoms with Gasteiger partial charge in [0.15, 0.2) is 0 Å². The van der Waals surface area contributed by atoms with Gasteiger partial charge in [-0.1, -0.05) is 48.5 Å². The highest BCUT2D eigenvalue weighted by Crippen LogP contribution is 2.26. The summed E-state index contributed by atoms with van der Waals surface area (Å²) in [5, 5.41) is 5.09. The number of imidazole rings is 1. The Morgan fingerprint density at radius 1 is 1.08 bits per heavy atom. The van der Waals surface area contributed by atoms with Crippen molar-refractivity contribution in [2.75, 3.05) is 0 Å². The molecule has 0 fully saturated rings. The van der Waals surface area contributed by atoms with Crippen LogP contribution in [0.2, 0.25) is 0 Å². The van der Waals surface area contributed by atoms with Crippen LogP contribution in [0, 0.1) is 0 Å². The predicted molar refractivity (Wildman–Crippen MR) is 105 cm³/mol. The fourth-order valence-corrected chi connectivity index (χ4v) is 3.83. The highest BCUT2D eigenvalue weighted by atomic mass is 32.1. The summed E-state index contributed by atoms with van der Waals surface area (Å²) in [5.41, 5.74) is 3.04. The number of para-hydroxylation sites is 2. The van der Waals surface area contributed by atoms with Crippen LogP contribution in [0.4, 0.5) is 0 Å². The number of aryl methyl sites for hydroxylation is 1. The highest BCUT2D eigenvalue weighted by molar-refractivity contribution is 7.12. The van der Waals surface area contributed by atoms with Crippen LogP contribution in [0.1, 0.15) is 34.0 Å². The zero-order valence-corrected chi connectivity index (χ0v) is 15.2. The molecule has 0 spiro atoms. The third-order valence-electron chi connectivity index (χ3n) is 4.41. The maximum Gasteiger partial charge on any atom is 0.262 e. The molecule has 0 saturated carbocycles. The summed E-state index contributed by atoms with van der Waals surface area (Å²) in [6.45, 7) is 2.88. The van der Waals surface area contributed by atoms with Crippen LogP contribution in [-0.4, -0.2) is 15.5 Å². The fourth-order valence-electron chi connectivity index (χ4n) is 3.20. The van der Waals surface area contributed by atoms with Crippen LogP contribution in [0.3, 0.4) is 0 Å². The largest absolute Gasteiger partial charge is 0.337 e. The van der Waals surface area contributed by atoms with Crippen molar-refractivity contribution in [2.24, 2.45) is 0 Å². The monoisotopic (exact) mass is 361 g/mol. The van der Waals surface area contributed by atoms with E-state index in [1.165, 1.54) is 11.3 Å². The van der Waals surface area contributed by atoms with Gasteiger partial charge in [-0.15, -0.1) is 11.3 Å². The lowest BCUT2D eigenvalue weighted by atomic mass is 10.1. The van der Waals surface area contributed by atoms with E-state index in [0.717, 1.165) is 29.0 Å². The molecule has 1 N–H and O–H groups in total. The molecule has 1 atom stereocenters. The van der Waals surface area contributed by atoms with E-state index in [0.29, 0.717) is 4.88 Å². The average Bonchev–Trinajstić information content (AvgIpc) is 3.34. The summed E-state index contributed by atoms with van der Waals surface area (Å²) in [6.07, 6.45) is 0. The lowest BCUT2D eigenvalue weighted by Crippen LogP contribution is -2.30. The van der Waals surface area contributed by atoms with Crippen molar-refractivity contribution in [3.05, 3.63) is 88.4 Å². The molecule has 2 aromatic carbocycles. The van der Waals surface area contributed by atoms with Crippen LogP contribution < -0.4 is 5.32 Å². The minimum absolute atomic E-state index is 0.0800. The number of benzene rings is 2. The molecule has 4 rings (SSSR count). The van der Waals surface area contributed by atoms with Gasteiger partial charge in [0.2, 0.25) is 0 Å². The SMILES string of the molecule is CCn1c([C@@H](NC(=O)c2cccs2)c2ccccc2)nc2ccccc21. The second-order valence-corrected chi connectivity index (χ2v) is 6.95. The van der Waals surface area contributed by atoms with E-state index in [2.05, 4.69) is 22.9 Å². The Morgan fingerprint density at radius 3 is 2.58 bits per heavy atom. The van der Waals surface area contributed by atoms with Crippen molar-refractivity contribution in [3.8, 4) is 0 Å². The number of amides is 1. The zero-order valence-electron chi connectivity index (χ0n) is 14.4. The number of carbonyl (C=O) groups excluding carboxylic acids is 1. The van der Waals surface area contributed by atoms with Crippen LogP contribution in [0.25, 0.3) is 11.0 Å². The van der Waals surface area contributed by atoms with E-state index in [4.69, 9.17) is 4.98 Å². The van der Waals surface area contributed by atoms with Gasteiger partial charge >= 0.3 is 0 Å². The molecule has 5 heteroatoms. The molecular weight excluding hydrogens is 342 g/mol. The molecule has 0 aliphatic carbocycles. The molecule has 2 aromatic heterocycles. The quantitative estimate of drug-likeness (QED) is 0.563. The summed E-state index contributed by atoms with van der Waals surface area (Å²) in [7, 11) is 0. The maximum absolute atomic E-state index is 12.7. The fraction of sp³-hybridized carbons (Fsp3) is 0.143. The number of nitrogens with one attached hydrogen (secondary N) is 1. The summed E-state index contributed by atoms with van der Waals surface area (Å²) >= 11 is 1.44. The van der Waals surface area contributed by atoms with E-state index in [1.54, 1.807) is 0 Å². The average molecular weight is 361 g/mol. The first-order valence-electron chi connectivity index (χ1n) is 8.62. The molecule has 0 radical (unpaired) electrons. The van der Waals surface area contributed by atoms with Gasteiger partial charge in [-0.2, -0.15) is 0 Å². The van der Waals surface area contributed by atoms with Crippen molar-refractivity contribution >= 4 is 28.3 Å². The number of hydrogen-bond donors (Lipinski definition) is 1. The Morgan fingerprint density at radius 2 is 1.85 bits per heavy atom. The van der Waals surface area contributed by atoms with E-state index in [9.17, 15) is 4.79 Å². The van der Waals surface area contributed by atoms with Crippen molar-refractivity contribution < 1.29 is 4.79 Å². The van der Waals surface area contributed by atoms with E-state index < -0.39 is 0 Å². The zero-order chi connectivity index (χ0) is 17.9. The Bertz CT molecular complexity index is 1020. The van der Waals surface area contributed by atoms with Crippen molar-refractivity contribution in [1.82, 2.24) is 14.9 Å². The van der Waals surface area contributed by atoms with Gasteiger partial charge in [-0.3, -0.25) is 4.79 Å². The molecule has 4 nitrogen and oxygen atoms in total. The molecule has 1 amide bonds. The molecule has 4 aromatic rings. The minimum atomic E-state index is -0.307. The first kappa shape index (κ1) is 16.5. The minimum Gasteiger partial charge on any atom is -0.337 e. The third-order valence-corrected chi connectivity index (χ3v) is 5.28. The van der Waals surface area contributed by atoms with Gasteiger partial charge in [-0.05, 0) is 36.1 Å². The second kappa shape index (κ2) is 7.14. The van der Waals surface area contributed by atoms with Gasteiger partial charge in [0, 0.05) is 6.54 Å². The van der Waals surface area contributed by atoms with Crippen molar-refractivity contribution in [2.45, 2.75) is 19.5 Å². The summed E-state index contributed by atoms with van der Waals surface area (Å²) in [5.74, 6) is 0.772. The normalized spacial score (nSPS) is 12.2. The van der Waals surface area contributed by atoms with Gasteiger partial charge in [0.25, 0.3) is 5.91 Å². The molecule has 26 heavy (non-hydrogen) atoms. The van der Waals surface area contributed by atoms with Crippen molar-refractivity contribution in [1.29, 1.82) is 0 Å². The predicted octanol–water partition coefficient (Wildman–Crippen LogP) is 4.64. The van der Waals surface area contributed by atoms with Crippen LogP contribution in [0.15, 0.2) is 72.1 Å². The number of aromatic nitrogens is 2. The summed E-state index contributed by atoms with van der Waals surface area (Å²) < 4.78 is 2.17. The molecular formula is C21H19N3OS. The van der Waals surface area contributed by atoms with E-state index in [1.807, 2.05) is 66.0 Å². The summed E-state index contributed by atoms with van der Waals surface area (Å²) in [4.78, 5) is 18.3. The molecule has 130 valence electrons. The molecule has 0 aliphatic heterocycles. The molecule has 0 bridgehead atoms. The Balaban J connectivity index is 1.82. The summed E-state index contributed by atoms with van der Waals surface area (Å²) in [6, 6.07) is 21.5. The number of nitrogens with zero attached hydrogens (tertiary/aromatic N) is 2. The number of thiophene rings is 1. The second-order valence-electron chi connectivity index (χ2n) is 6.00. The first-order chi connectivity index (χ1) is 12.8. The standard InChI is InChI=1S/C21H19N3OS/c1-2-24-17-12-7-6-11-16(17)22-20(24)19(15-9-4-3-5-10-15)23-21(25)18-13-8-14-26-18/h3-14,19H,2H2,1H3,(H,23,25)/t19-/m0/s1. The Labute approximate surface area is 156 Å². The lowest BCUT2D eigenvalue weighted by Gasteiger charge is -2.20. The third kappa shape index (κ3) is 3.02. The van der Waals surface area contributed by atoms with Crippen LogP contribution in [0.5, 0.6) is 0 Å². The highest BCUT2D eigenvalue weighted by Gasteiger charge is 2.24. The van der Waals surface area contributed by atoms with E-state index >= 15 is 0 Å². The maximum atomic E-state index is 12.7. The smallest absolute Gasteiger partial charge is 0.262 e. The molecule has 2 heterocycles. The van der Waals surface area contributed by atoms with Gasteiger partial charge in [0.1, 0.15) is 11.9 Å². The number of carbonyl (C=O) groups is 1. The molecule has 0 unspecified atom stereocenters. The lowest BCUT2D eigenvalue weighted by molar-refractivity contribution is 0.0945. The number of hydrogen-bond acceptors (Lipinski definition) is 3. The van der Waals surface area contributed by atoms with Gasteiger partial charge in [0.05, 0.1) is 15.9 Å². The van der Waals surface area contributed by atoms with Crippen LogP contribution in [-0.2, 0) is 6.54 Å². The molecule has 0 aliphatic rings. The number of rotatable bonds is 5. The topological polar surface area (TPSA) is 46.9 Å². The molecule has 0 saturated heterocycles. The first-order valence-corrected chi connectivity index (χ1v) is 9.50. The Kier molecular flexibility index (Phi) is 4.54. The van der Waals surface area contributed by atoms with Crippen LogP contribution >= 0.6 is 11.3 Å². The number of fused-ring (bicyclic) bond motifs is 1.